The van der Waals surface area contributed by atoms with E-state index in [1.807, 2.05) is 0 Å². The Morgan fingerprint density at radius 3 is 3.00 bits per heavy atom. The van der Waals surface area contributed by atoms with Crippen LogP contribution in [-0.2, 0) is 0 Å². The molecule has 0 atom stereocenters. The predicted molar refractivity (Wildman–Crippen MR) is 50.8 cm³/mol. The fourth-order valence-electron chi connectivity index (χ4n) is 1.01. The van der Waals surface area contributed by atoms with Crippen molar-refractivity contribution in [2.45, 2.75) is 0 Å². The number of H-pyrrole nitrogens is 1. The van der Waals surface area contributed by atoms with E-state index in [9.17, 15) is 4.79 Å². The molecule has 0 bridgehead atoms. The van der Waals surface area contributed by atoms with E-state index >= 15 is 0 Å². The van der Waals surface area contributed by atoms with E-state index in [4.69, 9.17) is 0 Å². The lowest BCUT2D eigenvalue weighted by molar-refractivity contribution is 0.102. The molecule has 0 spiro atoms. The first kappa shape index (κ1) is 8.43. The molecule has 2 aromatic heterocycles. The van der Waals surface area contributed by atoms with Crippen LogP contribution >= 0.6 is 0 Å². The molecule has 0 aromatic carbocycles. The zero-order chi connectivity index (χ0) is 9.80. The normalized spacial score (nSPS) is 9.71. The van der Waals surface area contributed by atoms with E-state index < -0.39 is 0 Å². The number of hydrogen-bond donors (Lipinski definition) is 2. The summed E-state index contributed by atoms with van der Waals surface area (Å²) in [5, 5.41) is 2.64. The Morgan fingerprint density at radius 1 is 1.43 bits per heavy atom. The highest BCUT2D eigenvalue weighted by Gasteiger charge is 2.06. The van der Waals surface area contributed by atoms with Crippen LogP contribution in [-0.4, -0.2) is 20.9 Å². The van der Waals surface area contributed by atoms with Crippen molar-refractivity contribution in [2.75, 3.05) is 5.32 Å². The number of amides is 1. The summed E-state index contributed by atoms with van der Waals surface area (Å²) in [4.78, 5) is 22.0. The summed E-state index contributed by atoms with van der Waals surface area (Å²) < 4.78 is 0. The maximum Gasteiger partial charge on any atom is 0.276 e. The lowest BCUT2D eigenvalue weighted by atomic mass is 10.4. The Morgan fingerprint density at radius 2 is 2.36 bits per heavy atom. The molecule has 5 heteroatoms. The number of nitrogens with zero attached hydrogens (tertiary/aromatic N) is 2. The van der Waals surface area contributed by atoms with Crippen molar-refractivity contribution in [1.29, 1.82) is 0 Å². The van der Waals surface area contributed by atoms with Crippen LogP contribution in [0.1, 0.15) is 10.5 Å². The molecule has 1 amide bonds. The maximum absolute atomic E-state index is 11.5. The molecular weight excluding hydrogens is 180 g/mol. The fraction of sp³-hybridized carbons (Fsp3) is 0. The van der Waals surface area contributed by atoms with Crippen LogP contribution in [0.15, 0.2) is 36.9 Å². The van der Waals surface area contributed by atoms with E-state index in [2.05, 4.69) is 20.3 Å². The van der Waals surface area contributed by atoms with Gasteiger partial charge in [-0.15, -0.1) is 0 Å². The number of aromatic nitrogens is 3. The van der Waals surface area contributed by atoms with E-state index in [1.54, 1.807) is 18.3 Å². The van der Waals surface area contributed by atoms with Crippen molar-refractivity contribution in [3.05, 3.63) is 42.6 Å². The van der Waals surface area contributed by atoms with Crippen LogP contribution in [0.4, 0.5) is 5.82 Å². The fourth-order valence-corrected chi connectivity index (χ4v) is 1.01. The lowest BCUT2D eigenvalue weighted by Gasteiger charge is -2.00. The smallest absolute Gasteiger partial charge is 0.276 e. The largest absolute Gasteiger partial charge is 0.348 e. The van der Waals surface area contributed by atoms with Crippen molar-refractivity contribution in [3.8, 4) is 0 Å². The van der Waals surface area contributed by atoms with Gasteiger partial charge in [-0.25, -0.2) is 4.98 Å². The standard InChI is InChI=1S/C9H8N4O/c14-9(7-6-10-4-5-11-7)13-8-2-1-3-12-8/h1-6,12H,(H,13,14). The second-order valence-corrected chi connectivity index (χ2v) is 2.63. The second kappa shape index (κ2) is 3.69. The van der Waals surface area contributed by atoms with Crippen LogP contribution in [0.5, 0.6) is 0 Å². The summed E-state index contributed by atoms with van der Waals surface area (Å²) in [6, 6.07) is 3.56. The molecule has 2 N–H and O–H groups in total. The summed E-state index contributed by atoms with van der Waals surface area (Å²) in [5.74, 6) is 0.362. The number of hydrogen-bond acceptors (Lipinski definition) is 3. The van der Waals surface area contributed by atoms with Gasteiger partial charge in [0, 0.05) is 18.6 Å². The third-order valence-corrected chi connectivity index (χ3v) is 1.64. The minimum absolute atomic E-state index is 0.277. The minimum Gasteiger partial charge on any atom is -0.348 e. The van der Waals surface area contributed by atoms with E-state index in [0.717, 1.165) is 0 Å². The molecule has 0 saturated heterocycles. The Balaban J connectivity index is 2.11. The zero-order valence-electron chi connectivity index (χ0n) is 7.27. The Hall–Kier alpha value is -2.17. The van der Waals surface area contributed by atoms with Gasteiger partial charge in [0.05, 0.1) is 6.20 Å². The molecule has 0 fully saturated rings. The van der Waals surface area contributed by atoms with Gasteiger partial charge in [0.2, 0.25) is 0 Å². The quantitative estimate of drug-likeness (QED) is 0.740. The summed E-state index contributed by atoms with van der Waals surface area (Å²) in [6.07, 6.45) is 6.14. The van der Waals surface area contributed by atoms with Crippen LogP contribution in [0.25, 0.3) is 0 Å². The van der Waals surface area contributed by atoms with Gasteiger partial charge in [-0.05, 0) is 12.1 Å². The van der Waals surface area contributed by atoms with Crippen molar-refractivity contribution in [3.63, 3.8) is 0 Å². The number of carbonyl (C=O) groups excluding carboxylic acids is 1. The molecule has 0 unspecified atom stereocenters. The van der Waals surface area contributed by atoms with Gasteiger partial charge in [0.25, 0.3) is 5.91 Å². The molecule has 2 aromatic rings. The number of rotatable bonds is 2. The third-order valence-electron chi connectivity index (χ3n) is 1.64. The first-order valence-electron chi connectivity index (χ1n) is 4.07. The van der Waals surface area contributed by atoms with Gasteiger partial charge in [-0.2, -0.15) is 0 Å². The van der Waals surface area contributed by atoms with Crippen molar-refractivity contribution < 1.29 is 4.79 Å². The molecular formula is C9H8N4O. The van der Waals surface area contributed by atoms with Crippen molar-refractivity contribution in [1.82, 2.24) is 15.0 Å². The van der Waals surface area contributed by atoms with E-state index in [-0.39, 0.29) is 5.91 Å². The van der Waals surface area contributed by atoms with Gasteiger partial charge in [-0.1, -0.05) is 0 Å². The third kappa shape index (κ3) is 1.77. The average molecular weight is 188 g/mol. The first-order chi connectivity index (χ1) is 6.86. The molecule has 0 saturated carbocycles. The van der Waals surface area contributed by atoms with Crippen LogP contribution in [0, 0.1) is 0 Å². The molecule has 0 aliphatic rings. The Labute approximate surface area is 80.2 Å². The first-order valence-corrected chi connectivity index (χ1v) is 4.07. The monoisotopic (exact) mass is 188 g/mol. The van der Waals surface area contributed by atoms with Gasteiger partial charge in [0.15, 0.2) is 0 Å². The van der Waals surface area contributed by atoms with Gasteiger partial charge < -0.3 is 10.3 Å². The summed E-state index contributed by atoms with van der Waals surface area (Å²) in [6.45, 7) is 0. The van der Waals surface area contributed by atoms with E-state index in [0.29, 0.717) is 11.5 Å². The SMILES string of the molecule is O=C(Nc1ccc[nH]1)c1cnccn1. The number of carbonyl (C=O) groups is 1. The molecule has 0 aliphatic carbocycles. The highest BCUT2D eigenvalue weighted by molar-refractivity contribution is 6.02. The molecule has 0 radical (unpaired) electrons. The maximum atomic E-state index is 11.5. The molecule has 2 heterocycles. The molecule has 5 nitrogen and oxygen atoms in total. The number of aromatic amines is 1. The molecule has 2 rings (SSSR count). The highest BCUT2D eigenvalue weighted by atomic mass is 16.1. The highest BCUT2D eigenvalue weighted by Crippen LogP contribution is 2.03. The average Bonchev–Trinajstić information content (AvgIpc) is 2.72. The minimum atomic E-state index is -0.277. The van der Waals surface area contributed by atoms with Crippen LogP contribution in [0.3, 0.4) is 0 Å². The van der Waals surface area contributed by atoms with Gasteiger partial charge >= 0.3 is 0 Å². The van der Waals surface area contributed by atoms with Crippen LogP contribution in [0.2, 0.25) is 0 Å². The van der Waals surface area contributed by atoms with Crippen LogP contribution < -0.4 is 5.32 Å². The zero-order valence-corrected chi connectivity index (χ0v) is 7.27. The van der Waals surface area contributed by atoms with Gasteiger partial charge in [0.1, 0.15) is 11.5 Å². The van der Waals surface area contributed by atoms with Gasteiger partial charge in [-0.3, -0.25) is 9.78 Å². The summed E-state index contributed by atoms with van der Waals surface area (Å²) >= 11 is 0. The summed E-state index contributed by atoms with van der Waals surface area (Å²) in [7, 11) is 0. The number of nitrogens with one attached hydrogen (secondary N) is 2. The molecule has 70 valence electrons. The lowest BCUT2D eigenvalue weighted by Crippen LogP contribution is -2.13. The van der Waals surface area contributed by atoms with Crippen molar-refractivity contribution >= 4 is 11.7 Å². The molecule has 14 heavy (non-hydrogen) atoms. The predicted octanol–water partition coefficient (Wildman–Crippen LogP) is 1.06. The second-order valence-electron chi connectivity index (χ2n) is 2.63. The Kier molecular flexibility index (Phi) is 2.22. The topological polar surface area (TPSA) is 70.7 Å². The molecule has 0 aliphatic heterocycles. The number of anilines is 1. The van der Waals surface area contributed by atoms with E-state index in [1.165, 1.54) is 18.6 Å². The summed E-state index contributed by atoms with van der Waals surface area (Å²) in [5.41, 5.74) is 0.294. The van der Waals surface area contributed by atoms with Crippen molar-refractivity contribution in [2.24, 2.45) is 0 Å². The Bertz CT molecular complexity index is 410.